The molecule has 0 aliphatic carbocycles. The van der Waals surface area contributed by atoms with Gasteiger partial charge in [-0.15, -0.1) is 0 Å². The number of phenolic OH excluding ortho intramolecular Hbond substituents is 1. The number of aryl methyl sites for hydroxylation is 3. The van der Waals surface area contributed by atoms with E-state index in [1.54, 1.807) is 72.8 Å². The van der Waals surface area contributed by atoms with Gasteiger partial charge in [0.05, 0.1) is 14.7 Å². The number of phenols is 1. The Balaban J connectivity index is 0.000000202. The summed E-state index contributed by atoms with van der Waals surface area (Å²) in [6.07, 6.45) is 4.16. The summed E-state index contributed by atoms with van der Waals surface area (Å²) in [6, 6.07) is 35.8. The molecule has 24 nitrogen and oxygen atoms in total. The highest BCUT2D eigenvalue weighted by Gasteiger charge is 2.43. The first-order chi connectivity index (χ1) is 44.7. The summed E-state index contributed by atoms with van der Waals surface area (Å²) in [5.41, 5.74) is 10.6. The van der Waals surface area contributed by atoms with Crippen molar-refractivity contribution in [3.63, 3.8) is 0 Å². The van der Waals surface area contributed by atoms with Gasteiger partial charge in [-0.25, -0.2) is 39.6 Å². The fraction of sp³-hybridized carbons (Fsp3) is 0.373. The summed E-state index contributed by atoms with van der Waals surface area (Å²) in [4.78, 5) is 73.9. The number of nitrogens with two attached hydrogens (primary N) is 1. The van der Waals surface area contributed by atoms with E-state index >= 15 is 0 Å². The molecule has 3 saturated heterocycles. The van der Waals surface area contributed by atoms with Gasteiger partial charge in [-0.2, -0.15) is 12.9 Å². The molecule has 0 aromatic heterocycles. The second-order valence-electron chi connectivity index (χ2n) is 23.2. The Morgan fingerprint density at radius 1 is 0.468 bits per heavy atom. The van der Waals surface area contributed by atoms with Gasteiger partial charge in [0.1, 0.15) is 54.4 Å². The minimum Gasteiger partial charge on any atom is -0.508 e. The van der Waals surface area contributed by atoms with Crippen LogP contribution in [0.15, 0.2) is 166 Å². The smallest absolute Gasteiger partial charge is 0.326 e. The molecule has 3 aliphatic heterocycles. The Morgan fingerprint density at radius 2 is 0.809 bits per heavy atom. The maximum Gasteiger partial charge on any atom is 0.326 e. The number of carboxylic acids is 3. The molecule has 504 valence electrons. The van der Waals surface area contributed by atoms with Crippen molar-refractivity contribution in [2.24, 2.45) is 5.73 Å². The Kier molecular flexibility index (Phi) is 26.0. The van der Waals surface area contributed by atoms with Crippen molar-refractivity contribution in [1.82, 2.24) is 28.9 Å². The summed E-state index contributed by atoms with van der Waals surface area (Å²) in [5.74, 6) is -4.65. The Labute approximate surface area is 548 Å². The van der Waals surface area contributed by atoms with E-state index in [1.807, 2.05) is 51.1 Å². The van der Waals surface area contributed by atoms with E-state index < -0.39 is 102 Å². The van der Waals surface area contributed by atoms with E-state index in [1.165, 1.54) is 57.1 Å². The molecule has 3 amide bonds. The van der Waals surface area contributed by atoms with E-state index in [4.69, 9.17) is 10.5 Å². The Morgan fingerprint density at radius 3 is 1.15 bits per heavy atom. The lowest BCUT2D eigenvalue weighted by molar-refractivity contribution is -0.142. The molecule has 9 N–H and O–H groups in total. The van der Waals surface area contributed by atoms with Crippen LogP contribution in [0.2, 0.25) is 0 Å². The topological polar surface area (TPSA) is 367 Å². The molecule has 6 aromatic rings. The highest BCUT2D eigenvalue weighted by atomic mass is 32.2. The number of nitrogens with one attached hydrogen (secondary N) is 3. The minimum absolute atomic E-state index is 0.0127. The number of carbonyl (C=O) groups is 6. The first-order valence-corrected chi connectivity index (χ1v) is 35.1. The van der Waals surface area contributed by atoms with Crippen molar-refractivity contribution < 1.29 is 79.2 Å². The Bertz CT molecular complexity index is 3900. The number of hydrogen-bond acceptors (Lipinski definition) is 15. The van der Waals surface area contributed by atoms with Gasteiger partial charge in [0.2, 0.25) is 47.8 Å². The maximum atomic E-state index is 13.2. The number of carboxylic acid groups (broad SMARTS) is 3. The van der Waals surface area contributed by atoms with Crippen LogP contribution in [-0.2, 0) is 78.3 Å². The predicted octanol–water partition coefficient (Wildman–Crippen LogP) is 6.05. The highest BCUT2D eigenvalue weighted by Crippen LogP contribution is 2.30. The van der Waals surface area contributed by atoms with E-state index in [9.17, 15) is 74.4 Å². The summed E-state index contributed by atoms with van der Waals surface area (Å²) in [5, 5.41) is 45.5. The third-order valence-electron chi connectivity index (χ3n) is 16.2. The van der Waals surface area contributed by atoms with Crippen LogP contribution in [0, 0.1) is 20.8 Å². The molecule has 3 fully saturated rings. The normalized spacial score (nSPS) is 17.8. The number of amides is 3. The number of carbonyl (C=O) groups excluding carboxylic acids is 3. The van der Waals surface area contributed by atoms with Gasteiger partial charge in [-0.3, -0.25) is 14.4 Å². The highest BCUT2D eigenvalue weighted by molar-refractivity contribution is 7.89. The lowest BCUT2D eigenvalue weighted by Crippen LogP contribution is -2.51. The summed E-state index contributed by atoms with van der Waals surface area (Å²) in [6.45, 7) is 7.07. The first kappa shape index (κ1) is 72.8. The molecule has 6 aromatic carbocycles. The van der Waals surface area contributed by atoms with Crippen molar-refractivity contribution in [3.8, 4) is 11.5 Å². The number of ether oxygens (including phenoxy) is 1. The third kappa shape index (κ3) is 19.7. The van der Waals surface area contributed by atoms with Crippen LogP contribution in [0.1, 0.15) is 91.2 Å². The summed E-state index contributed by atoms with van der Waals surface area (Å²) in [7, 11) is -11.6. The number of unbranched alkanes of at least 4 members (excludes halogenated alkanes) is 1. The SMILES string of the molecule is Cc1ccc(S(=O)(=O)N2CCCC2C(=O)NC(CCCCN)C(=O)O)cc1.Cc1ccc(S(=O)(=O)N2CCCC2C(=O)NC(Cc2ccc(O)cc2)C(=O)O)cc1.Cc1ccc(S(=O)(=O)N2CCCC2C(=O)NC(Cc2ccc(OCc3ccccc3)cc2)C(=O)O)cc1. The molecule has 3 aliphatic rings. The fourth-order valence-electron chi connectivity index (χ4n) is 10.9. The molecule has 6 atom stereocenters. The second kappa shape index (κ2) is 33.5. The van der Waals surface area contributed by atoms with Gasteiger partial charge in [0, 0.05) is 32.5 Å². The number of aliphatic carboxylic acids is 3. The average molecular weight is 1350 g/mol. The van der Waals surface area contributed by atoms with E-state index in [0.29, 0.717) is 81.4 Å². The van der Waals surface area contributed by atoms with Crippen molar-refractivity contribution in [3.05, 3.63) is 185 Å². The van der Waals surface area contributed by atoms with Crippen LogP contribution >= 0.6 is 0 Å². The Hall–Kier alpha value is -8.57. The molecular weight excluding hydrogens is 1270 g/mol. The van der Waals surface area contributed by atoms with E-state index in [2.05, 4.69) is 16.0 Å². The zero-order valence-corrected chi connectivity index (χ0v) is 54.9. The van der Waals surface area contributed by atoms with E-state index in [-0.39, 0.29) is 59.3 Å². The number of nitrogens with zero attached hydrogens (tertiary/aromatic N) is 3. The summed E-state index contributed by atoms with van der Waals surface area (Å²) < 4.78 is 87.4. The van der Waals surface area contributed by atoms with Crippen molar-refractivity contribution in [2.75, 3.05) is 26.2 Å². The van der Waals surface area contributed by atoms with Gasteiger partial charge in [-0.05, 0) is 162 Å². The van der Waals surface area contributed by atoms with Crippen molar-refractivity contribution >= 4 is 65.7 Å². The van der Waals surface area contributed by atoms with E-state index in [0.717, 1.165) is 26.6 Å². The van der Waals surface area contributed by atoms with Gasteiger partial charge in [0.15, 0.2) is 0 Å². The molecule has 94 heavy (non-hydrogen) atoms. The number of sulfonamides is 3. The number of hydrogen-bond donors (Lipinski definition) is 8. The molecule has 0 saturated carbocycles. The average Bonchev–Trinajstić information content (AvgIpc) is 2.08. The molecule has 0 spiro atoms. The minimum atomic E-state index is -3.88. The standard InChI is InChI=1S/C28H30N2O6S.C21H24N2O6S.C18H27N3O5S/c1-20-9-15-24(16-10-20)37(34,35)30-17-5-8-26(30)27(31)29-25(28(32)33)18-21-11-13-23(14-12-21)36-19-22-6-3-2-4-7-22;1-14-4-10-17(11-5-14)30(28,29)23-12-2-3-19(23)20(25)22-18(21(26)27)13-15-6-8-16(24)9-7-15;1-13-7-9-14(10-8-13)27(25,26)21-12-4-6-16(21)17(22)20-15(18(23)24)5-2-3-11-19/h2-4,6-7,9-16,25-26H,5,8,17-19H2,1H3,(H,29,31)(H,32,33);4-11,18-19,24H,2-3,12-13H2,1H3,(H,22,25)(H,26,27);7-10,15-16H,2-6,11-12,19H2,1H3,(H,20,22)(H,23,24). The fourth-order valence-corrected chi connectivity index (χ4v) is 15.9. The number of benzene rings is 6. The second-order valence-corrected chi connectivity index (χ2v) is 28.9. The molecule has 3 heterocycles. The molecule has 9 rings (SSSR count). The van der Waals surface area contributed by atoms with Gasteiger partial charge < -0.3 is 46.8 Å². The van der Waals surface area contributed by atoms with Crippen LogP contribution in [0.3, 0.4) is 0 Å². The van der Waals surface area contributed by atoms with Gasteiger partial charge >= 0.3 is 17.9 Å². The molecule has 0 radical (unpaired) electrons. The van der Waals surface area contributed by atoms with Gasteiger partial charge in [-0.1, -0.05) is 108 Å². The van der Waals surface area contributed by atoms with Crippen molar-refractivity contribution in [1.29, 1.82) is 0 Å². The van der Waals surface area contributed by atoms with Crippen LogP contribution in [0.25, 0.3) is 0 Å². The maximum absolute atomic E-state index is 13.2. The van der Waals surface area contributed by atoms with Crippen molar-refractivity contribution in [2.45, 2.75) is 149 Å². The van der Waals surface area contributed by atoms with Gasteiger partial charge in [0.25, 0.3) is 0 Å². The number of rotatable bonds is 26. The zero-order valence-electron chi connectivity index (χ0n) is 52.5. The van der Waals surface area contributed by atoms with Crippen LogP contribution in [0.5, 0.6) is 11.5 Å². The lowest BCUT2D eigenvalue weighted by Gasteiger charge is -2.25. The first-order valence-electron chi connectivity index (χ1n) is 30.8. The monoisotopic (exact) mass is 1350 g/mol. The molecule has 27 heteroatoms. The molecule has 0 bridgehead atoms. The quantitative estimate of drug-likeness (QED) is 0.0286. The van der Waals surface area contributed by atoms with Crippen LogP contribution < -0.4 is 26.4 Å². The largest absolute Gasteiger partial charge is 0.508 e. The summed E-state index contributed by atoms with van der Waals surface area (Å²) >= 11 is 0. The molecular formula is C67H81N7O17S3. The molecule has 6 unspecified atom stereocenters. The zero-order chi connectivity index (χ0) is 68.3. The predicted molar refractivity (Wildman–Crippen MR) is 349 cm³/mol. The van der Waals surface area contributed by atoms with Crippen LogP contribution in [-0.4, -0.2) is 157 Å². The third-order valence-corrected chi connectivity index (χ3v) is 21.9. The van der Waals surface area contributed by atoms with Crippen LogP contribution in [0.4, 0.5) is 0 Å². The number of aromatic hydroxyl groups is 1. The lowest BCUT2D eigenvalue weighted by atomic mass is 10.1.